The lowest BCUT2D eigenvalue weighted by Gasteiger charge is -2.33. The van der Waals surface area contributed by atoms with E-state index in [0.29, 0.717) is 54.3 Å². The first-order chi connectivity index (χ1) is 29.0. The lowest BCUT2D eigenvalue weighted by atomic mass is 10.0. The number of benzene rings is 1. The molecule has 3 aromatic rings. The van der Waals surface area contributed by atoms with Crippen LogP contribution in [0.25, 0.3) is 22.6 Å². The number of nitrogens with zero attached hydrogens (tertiary/aromatic N) is 3. The van der Waals surface area contributed by atoms with Crippen molar-refractivity contribution in [2.45, 2.75) is 126 Å². The number of ether oxygens (including phenoxy) is 3. The van der Waals surface area contributed by atoms with E-state index in [9.17, 15) is 32.7 Å². The maximum absolute atomic E-state index is 14.7. The number of hydrogen-bond acceptors (Lipinski definition) is 11. The fraction of sp³-hybridized carbons (Fsp3) is 0.500. The van der Waals surface area contributed by atoms with Crippen molar-refractivity contribution in [2.24, 2.45) is 5.92 Å². The highest BCUT2D eigenvalue weighted by atomic mass is 32.2. The Hall–Kier alpha value is -5.55. The number of nitrogens with one attached hydrogen (secondary N) is 3. The number of sulfonamides is 1. The minimum Gasteiger partial charge on any atom is -0.491 e. The summed E-state index contributed by atoms with van der Waals surface area (Å²) in [5.74, 6) is -1.71. The molecule has 16 nitrogen and oxygen atoms in total. The van der Waals surface area contributed by atoms with Gasteiger partial charge >= 0.3 is 6.09 Å². The van der Waals surface area contributed by atoms with Crippen LogP contribution in [0.2, 0.25) is 0 Å². The summed E-state index contributed by atoms with van der Waals surface area (Å²) in [6.45, 7) is 8.94. The number of carbonyl (C=O) groups is 4. The smallest absolute Gasteiger partial charge is 0.405 e. The standard InChI is InChI=1S/C44H54N6O10S/c1-6-37-38(47-42(54)55)40(52)50-25-32(60-31-21-34(28-14-16-30(17-15-28)58-26(2)3)46-35(22-31)33-13-9-10-20-45-33)23-36(50)39(51)48-44(24-29(44)12-8-7-11-27(4)59-37)41(53)49-61(56,57)43(5)18-19-43/h8-10,12-17,20-22,26-27,29,32,36-38,47H,6-7,11,18-19,23-25H2,1-5H3,(H,48,51)(H,49,53)(H,54,55)/t27-,29-,32-,36+,37+,38+,44-/m1/s1. The van der Waals surface area contributed by atoms with E-state index < -0.39 is 74.3 Å². The van der Waals surface area contributed by atoms with Gasteiger partial charge in [-0.15, -0.1) is 0 Å². The largest absolute Gasteiger partial charge is 0.491 e. The lowest BCUT2D eigenvalue weighted by Crippen LogP contribution is -2.60. The summed E-state index contributed by atoms with van der Waals surface area (Å²) < 4.78 is 46.4. The van der Waals surface area contributed by atoms with Crippen LogP contribution in [0.15, 0.2) is 72.9 Å². The van der Waals surface area contributed by atoms with Gasteiger partial charge in [-0.25, -0.2) is 18.2 Å². The van der Waals surface area contributed by atoms with Gasteiger partial charge in [0.2, 0.25) is 21.8 Å². The Balaban J connectivity index is 1.24. The molecule has 1 aromatic carbocycles. The predicted octanol–water partition coefficient (Wildman–Crippen LogP) is 4.99. The highest BCUT2D eigenvalue weighted by molar-refractivity contribution is 7.91. The van der Waals surface area contributed by atoms with Crippen LogP contribution < -0.4 is 24.8 Å². The fourth-order valence-electron chi connectivity index (χ4n) is 7.97. The molecule has 0 bridgehead atoms. The number of hydrogen-bond donors (Lipinski definition) is 4. The molecule has 0 unspecified atom stereocenters. The third kappa shape index (κ3) is 9.67. The molecule has 3 fully saturated rings. The number of allylic oxidation sites excluding steroid dienone is 1. The zero-order chi connectivity index (χ0) is 43.7. The Kier molecular flexibility index (Phi) is 12.4. The highest BCUT2D eigenvalue weighted by Crippen LogP contribution is 2.47. The number of fused-ring (bicyclic) bond motifs is 2. The predicted molar refractivity (Wildman–Crippen MR) is 225 cm³/mol. The molecule has 1 saturated heterocycles. The van der Waals surface area contributed by atoms with Crippen LogP contribution >= 0.6 is 0 Å². The molecule has 4 amide bonds. The first kappa shape index (κ1) is 43.5. The number of carboxylic acid groups (broad SMARTS) is 1. The van der Waals surface area contributed by atoms with Gasteiger partial charge < -0.3 is 34.9 Å². The monoisotopic (exact) mass is 858 g/mol. The SMILES string of the molecule is CC[C@@H]1O[C@H](C)CCC=C[C@@H]2C[C@@]2(C(=O)NS(=O)(=O)C2(C)CC2)NC(=O)[C@@H]2C[C@@H](Oc3cc(-c4ccc(OC(C)C)cc4)nc(-c4ccccn4)c3)CN2C(=O)[C@H]1NC(=O)O. The highest BCUT2D eigenvalue weighted by Gasteiger charge is 2.63. The van der Waals surface area contributed by atoms with Crippen molar-refractivity contribution in [2.75, 3.05) is 6.54 Å². The second-order valence-corrected chi connectivity index (χ2v) is 19.1. The summed E-state index contributed by atoms with van der Waals surface area (Å²) in [5.41, 5.74) is 0.827. The molecule has 4 N–H and O–H groups in total. The normalized spacial score (nSPS) is 27.4. The van der Waals surface area contributed by atoms with Gasteiger partial charge in [-0.2, -0.15) is 0 Å². The number of amides is 4. The Morgan fingerprint density at radius 3 is 2.46 bits per heavy atom. The van der Waals surface area contributed by atoms with Crippen molar-refractivity contribution in [1.29, 1.82) is 0 Å². The number of pyridine rings is 2. The molecule has 2 aliphatic heterocycles. The zero-order valence-electron chi connectivity index (χ0n) is 35.0. The van der Waals surface area contributed by atoms with Gasteiger partial charge in [-0.1, -0.05) is 25.1 Å². The summed E-state index contributed by atoms with van der Waals surface area (Å²) in [5, 5.41) is 15.1. The van der Waals surface area contributed by atoms with Gasteiger partial charge in [0.25, 0.3) is 5.91 Å². The van der Waals surface area contributed by atoms with Crippen molar-refractivity contribution in [3.63, 3.8) is 0 Å². The van der Waals surface area contributed by atoms with Crippen LogP contribution in [0.4, 0.5) is 4.79 Å². The van der Waals surface area contributed by atoms with E-state index in [1.165, 1.54) is 4.90 Å². The van der Waals surface area contributed by atoms with E-state index in [0.717, 1.165) is 5.56 Å². The fourth-order valence-corrected chi connectivity index (χ4v) is 9.28. The molecule has 61 heavy (non-hydrogen) atoms. The van der Waals surface area contributed by atoms with E-state index in [-0.39, 0.29) is 38.0 Å². The van der Waals surface area contributed by atoms with Gasteiger partial charge in [0, 0.05) is 36.2 Å². The van der Waals surface area contributed by atoms with Crippen molar-refractivity contribution in [3.8, 4) is 34.1 Å². The Bertz CT molecular complexity index is 2270. The van der Waals surface area contributed by atoms with E-state index >= 15 is 0 Å². The van der Waals surface area contributed by atoms with Gasteiger partial charge in [0.1, 0.15) is 35.2 Å². The molecule has 2 aliphatic carbocycles. The molecule has 2 aromatic heterocycles. The Morgan fingerprint density at radius 2 is 1.80 bits per heavy atom. The summed E-state index contributed by atoms with van der Waals surface area (Å²) in [7, 11) is -4.05. The summed E-state index contributed by atoms with van der Waals surface area (Å²) in [6, 6.07) is 13.8. The quantitative estimate of drug-likeness (QED) is 0.188. The molecule has 4 aliphatic rings. The Labute approximate surface area is 355 Å². The van der Waals surface area contributed by atoms with Crippen molar-refractivity contribution in [3.05, 3.63) is 72.9 Å². The van der Waals surface area contributed by atoms with Gasteiger partial charge in [-0.05, 0) is 103 Å². The second kappa shape index (κ2) is 17.4. The van der Waals surface area contributed by atoms with Crippen LogP contribution in [0, 0.1) is 5.92 Å². The summed E-state index contributed by atoms with van der Waals surface area (Å²) in [6.07, 6.45) is 4.02. The molecule has 7 rings (SSSR count). The van der Waals surface area contributed by atoms with E-state index in [1.54, 1.807) is 44.3 Å². The first-order valence-electron chi connectivity index (χ1n) is 20.9. The maximum Gasteiger partial charge on any atom is 0.405 e. The third-order valence-corrected chi connectivity index (χ3v) is 14.0. The van der Waals surface area contributed by atoms with Gasteiger partial charge in [0.05, 0.1) is 46.7 Å². The molecular weight excluding hydrogens is 805 g/mol. The maximum atomic E-state index is 14.7. The van der Waals surface area contributed by atoms with Crippen molar-refractivity contribution >= 4 is 33.8 Å². The minimum absolute atomic E-state index is 0.0116. The third-order valence-electron chi connectivity index (χ3n) is 11.8. The molecule has 17 heteroatoms. The van der Waals surface area contributed by atoms with E-state index in [1.807, 2.05) is 63.2 Å². The number of rotatable bonds is 11. The summed E-state index contributed by atoms with van der Waals surface area (Å²) >= 11 is 0. The summed E-state index contributed by atoms with van der Waals surface area (Å²) in [4.78, 5) is 66.1. The van der Waals surface area contributed by atoms with Gasteiger partial charge in [0.15, 0.2) is 0 Å². The average Bonchev–Trinajstić information content (AvgIpc) is 4.10. The zero-order valence-corrected chi connectivity index (χ0v) is 35.8. The van der Waals surface area contributed by atoms with E-state index in [2.05, 4.69) is 20.3 Å². The lowest BCUT2D eigenvalue weighted by molar-refractivity contribution is -0.145. The molecule has 326 valence electrons. The Morgan fingerprint density at radius 1 is 1.07 bits per heavy atom. The minimum atomic E-state index is -4.05. The molecule has 7 atom stereocenters. The molecule has 0 radical (unpaired) electrons. The van der Waals surface area contributed by atoms with Crippen LogP contribution in [0.3, 0.4) is 0 Å². The first-order valence-corrected chi connectivity index (χ1v) is 22.4. The molecule has 0 spiro atoms. The van der Waals surface area contributed by atoms with Gasteiger partial charge in [-0.3, -0.25) is 24.1 Å². The molecule has 4 heterocycles. The molecular formula is C44H54N6O10S. The number of aromatic nitrogens is 2. The van der Waals surface area contributed by atoms with E-state index in [4.69, 9.17) is 19.2 Å². The van der Waals surface area contributed by atoms with Crippen LogP contribution in [0.1, 0.15) is 79.6 Å². The van der Waals surface area contributed by atoms with Crippen molar-refractivity contribution in [1.82, 2.24) is 30.2 Å². The van der Waals surface area contributed by atoms with Crippen molar-refractivity contribution < 1.29 is 46.9 Å². The topological polar surface area (TPSA) is 215 Å². The second-order valence-electron chi connectivity index (χ2n) is 16.9. The molecule has 2 saturated carbocycles. The van der Waals surface area contributed by atoms with Crippen LogP contribution in [-0.4, -0.2) is 106 Å². The average molecular weight is 859 g/mol. The van der Waals surface area contributed by atoms with Crippen LogP contribution in [-0.2, 0) is 29.1 Å². The number of carbonyl (C=O) groups excluding carboxylic acids is 3. The van der Waals surface area contributed by atoms with Crippen LogP contribution in [0.5, 0.6) is 11.5 Å².